The lowest BCUT2D eigenvalue weighted by Crippen LogP contribution is -2.31. The number of carbonyl (C=O) groups is 3. The van der Waals surface area contributed by atoms with Gasteiger partial charge in [-0.05, 0) is 43.1 Å². The second-order valence-electron chi connectivity index (χ2n) is 7.61. The number of nitrogens with two attached hydrogens (primary N) is 2. The van der Waals surface area contributed by atoms with Crippen molar-refractivity contribution in [3.8, 4) is 0 Å². The zero-order valence-corrected chi connectivity index (χ0v) is 15.7. The van der Waals surface area contributed by atoms with Crippen molar-refractivity contribution in [2.24, 2.45) is 28.7 Å². The van der Waals surface area contributed by atoms with E-state index in [4.69, 9.17) is 11.5 Å². The maximum absolute atomic E-state index is 12.5. The van der Waals surface area contributed by atoms with Crippen molar-refractivity contribution in [1.82, 2.24) is 0 Å². The van der Waals surface area contributed by atoms with Crippen LogP contribution in [0.5, 0.6) is 0 Å². The van der Waals surface area contributed by atoms with Gasteiger partial charge >= 0.3 is 6.03 Å². The molecule has 0 radical (unpaired) electrons. The minimum Gasteiger partial charge on any atom is -0.366 e. The summed E-state index contributed by atoms with van der Waals surface area (Å²) in [6, 6.07) is 0.680. The minimum atomic E-state index is -0.789. The van der Waals surface area contributed by atoms with Crippen LogP contribution in [-0.2, 0) is 4.79 Å². The molecule has 0 aliphatic heterocycles. The fraction of sp³-hybridized carbons (Fsp3) is 0.588. The Kier molecular flexibility index (Phi) is 5.72. The highest BCUT2D eigenvalue weighted by atomic mass is 32.1. The molecule has 2 rings (SSSR count). The zero-order chi connectivity index (χ0) is 18.8. The van der Waals surface area contributed by atoms with Crippen molar-refractivity contribution in [3.63, 3.8) is 0 Å². The second-order valence-corrected chi connectivity index (χ2v) is 8.66. The zero-order valence-electron chi connectivity index (χ0n) is 14.8. The molecule has 0 spiro atoms. The molecule has 7 nitrogen and oxygen atoms in total. The normalized spacial score (nSPS) is 20.8. The van der Waals surface area contributed by atoms with Crippen LogP contribution in [0.15, 0.2) is 6.07 Å². The molecule has 1 saturated carbocycles. The summed E-state index contributed by atoms with van der Waals surface area (Å²) in [6.45, 7) is 6.72. The van der Waals surface area contributed by atoms with E-state index in [9.17, 15) is 14.4 Å². The maximum Gasteiger partial charge on any atom is 0.317 e. The minimum absolute atomic E-state index is 0.0368. The van der Waals surface area contributed by atoms with Gasteiger partial charge in [0.2, 0.25) is 5.91 Å². The molecule has 0 aromatic carbocycles. The molecular formula is C17H26N4O3S. The maximum atomic E-state index is 12.5. The third-order valence-electron chi connectivity index (χ3n) is 4.80. The first kappa shape index (κ1) is 19.2. The average molecular weight is 366 g/mol. The van der Waals surface area contributed by atoms with Crippen molar-refractivity contribution < 1.29 is 14.4 Å². The third kappa shape index (κ3) is 4.94. The summed E-state index contributed by atoms with van der Waals surface area (Å²) in [5, 5.41) is 5.90. The topological polar surface area (TPSA) is 127 Å². The Hall–Kier alpha value is -2.09. The number of hydrogen-bond acceptors (Lipinski definition) is 4. The molecule has 1 heterocycles. The van der Waals surface area contributed by atoms with E-state index in [0.29, 0.717) is 10.9 Å². The molecule has 1 aromatic rings. The van der Waals surface area contributed by atoms with Crippen LogP contribution in [0.3, 0.4) is 0 Å². The van der Waals surface area contributed by atoms with E-state index < -0.39 is 11.9 Å². The van der Waals surface area contributed by atoms with Crippen LogP contribution in [0.1, 0.15) is 56.8 Å². The van der Waals surface area contributed by atoms with Gasteiger partial charge in [0.1, 0.15) is 5.00 Å². The first-order chi connectivity index (χ1) is 11.6. The SMILES string of the molecule is CC(C)(C)C1CCC(C(=O)Nc2cc(C(N)=O)c(NC(N)=O)s2)CC1. The highest BCUT2D eigenvalue weighted by Gasteiger charge is 2.32. The second kappa shape index (κ2) is 7.43. The van der Waals surface area contributed by atoms with Gasteiger partial charge in [0.05, 0.1) is 10.6 Å². The summed E-state index contributed by atoms with van der Waals surface area (Å²) in [7, 11) is 0. The molecule has 0 atom stereocenters. The molecule has 1 aliphatic carbocycles. The number of hydrogen-bond donors (Lipinski definition) is 4. The number of primary amides is 2. The highest BCUT2D eigenvalue weighted by molar-refractivity contribution is 7.20. The van der Waals surface area contributed by atoms with Gasteiger partial charge in [0.25, 0.3) is 5.91 Å². The molecule has 6 N–H and O–H groups in total. The Bertz CT molecular complexity index is 670. The van der Waals surface area contributed by atoms with Crippen LogP contribution < -0.4 is 22.1 Å². The summed E-state index contributed by atoms with van der Waals surface area (Å²) in [4.78, 5) is 35.0. The van der Waals surface area contributed by atoms with Crippen molar-refractivity contribution in [1.29, 1.82) is 0 Å². The number of amides is 4. The molecule has 8 heteroatoms. The first-order valence-corrected chi connectivity index (χ1v) is 9.20. The van der Waals surface area contributed by atoms with E-state index in [0.717, 1.165) is 37.0 Å². The number of urea groups is 1. The first-order valence-electron chi connectivity index (χ1n) is 8.39. The largest absolute Gasteiger partial charge is 0.366 e. The van der Waals surface area contributed by atoms with Crippen molar-refractivity contribution in [3.05, 3.63) is 11.6 Å². The van der Waals surface area contributed by atoms with Gasteiger partial charge in [0, 0.05) is 5.92 Å². The predicted molar refractivity (Wildman–Crippen MR) is 99.6 cm³/mol. The molecule has 1 aliphatic rings. The molecule has 138 valence electrons. The van der Waals surface area contributed by atoms with E-state index in [-0.39, 0.29) is 27.8 Å². The van der Waals surface area contributed by atoms with Gasteiger partial charge in [-0.3, -0.25) is 14.9 Å². The van der Waals surface area contributed by atoms with E-state index in [2.05, 4.69) is 31.4 Å². The van der Waals surface area contributed by atoms with Crippen LogP contribution in [0.2, 0.25) is 0 Å². The van der Waals surface area contributed by atoms with Crippen molar-refractivity contribution in [2.45, 2.75) is 46.5 Å². The predicted octanol–water partition coefficient (Wildman–Crippen LogP) is 3.13. The Balaban J connectivity index is 2.01. The van der Waals surface area contributed by atoms with Crippen LogP contribution in [0, 0.1) is 17.3 Å². The molecule has 4 amide bonds. The smallest absolute Gasteiger partial charge is 0.317 e. The Labute approximate surface area is 151 Å². The summed E-state index contributed by atoms with van der Waals surface area (Å²) in [5.41, 5.74) is 10.8. The van der Waals surface area contributed by atoms with Crippen molar-refractivity contribution >= 4 is 39.2 Å². The Morgan fingerprint density at radius 3 is 2.16 bits per heavy atom. The van der Waals surface area contributed by atoms with Crippen LogP contribution >= 0.6 is 11.3 Å². The van der Waals surface area contributed by atoms with E-state index in [1.54, 1.807) is 0 Å². The lowest BCUT2D eigenvalue weighted by molar-refractivity contribution is -0.121. The van der Waals surface area contributed by atoms with Crippen LogP contribution in [-0.4, -0.2) is 17.8 Å². The number of thiophene rings is 1. The lowest BCUT2D eigenvalue weighted by atomic mass is 9.70. The number of carbonyl (C=O) groups excluding carboxylic acids is 3. The molecule has 1 aromatic heterocycles. The Morgan fingerprint density at radius 1 is 1.08 bits per heavy atom. The van der Waals surface area contributed by atoms with E-state index in [1.165, 1.54) is 6.07 Å². The standard InChI is InChI=1S/C17H26N4O3S/c1-17(2,3)10-6-4-9(5-7-10)14(23)20-12-8-11(13(18)22)15(25-12)21-16(19)24/h8-10H,4-7H2,1-3H3,(H2,18,22)(H,20,23)(H3,19,21,24). The van der Waals surface area contributed by atoms with Crippen LogP contribution in [0.4, 0.5) is 14.8 Å². The monoisotopic (exact) mass is 366 g/mol. The molecule has 25 heavy (non-hydrogen) atoms. The summed E-state index contributed by atoms with van der Waals surface area (Å²) < 4.78 is 0. The number of nitrogens with one attached hydrogen (secondary N) is 2. The highest BCUT2D eigenvalue weighted by Crippen LogP contribution is 2.40. The molecule has 0 unspecified atom stereocenters. The number of rotatable bonds is 4. The number of anilines is 2. The fourth-order valence-electron chi connectivity index (χ4n) is 3.29. The van der Waals surface area contributed by atoms with Gasteiger partial charge in [-0.15, -0.1) is 0 Å². The molecular weight excluding hydrogens is 340 g/mol. The van der Waals surface area contributed by atoms with Gasteiger partial charge in [0.15, 0.2) is 0 Å². The lowest BCUT2D eigenvalue weighted by Gasteiger charge is -2.36. The van der Waals surface area contributed by atoms with Crippen molar-refractivity contribution in [2.75, 3.05) is 10.6 Å². The van der Waals surface area contributed by atoms with Crippen LogP contribution in [0.25, 0.3) is 0 Å². The third-order valence-corrected chi connectivity index (χ3v) is 5.77. The van der Waals surface area contributed by atoms with Gasteiger partial charge in [-0.25, -0.2) is 4.79 Å². The van der Waals surface area contributed by atoms with Gasteiger partial charge in [-0.2, -0.15) is 0 Å². The van der Waals surface area contributed by atoms with Gasteiger partial charge in [-0.1, -0.05) is 32.1 Å². The summed E-state index contributed by atoms with van der Waals surface area (Å²) >= 11 is 1.07. The molecule has 0 bridgehead atoms. The molecule has 0 saturated heterocycles. The Morgan fingerprint density at radius 2 is 1.68 bits per heavy atom. The average Bonchev–Trinajstić information content (AvgIpc) is 2.88. The summed E-state index contributed by atoms with van der Waals surface area (Å²) in [6.07, 6.45) is 3.78. The fourth-order valence-corrected chi connectivity index (χ4v) is 4.25. The van der Waals surface area contributed by atoms with E-state index >= 15 is 0 Å². The molecule has 1 fully saturated rings. The quantitative estimate of drug-likeness (QED) is 0.653. The van der Waals surface area contributed by atoms with Gasteiger partial charge < -0.3 is 16.8 Å². The van der Waals surface area contributed by atoms with E-state index in [1.807, 2.05) is 0 Å². The summed E-state index contributed by atoms with van der Waals surface area (Å²) in [5.74, 6) is -0.155.